The Balaban J connectivity index is 2.55. The second-order valence-electron chi connectivity index (χ2n) is 2.81. The zero-order chi connectivity index (χ0) is 10.1. The summed E-state index contributed by atoms with van der Waals surface area (Å²) in [5, 5.41) is 4.59. The Labute approximate surface area is 83.8 Å². The van der Waals surface area contributed by atoms with Gasteiger partial charge in [0.05, 0.1) is 15.6 Å². The second kappa shape index (κ2) is 3.38. The number of aromatic amines is 1. The highest BCUT2D eigenvalue weighted by Crippen LogP contribution is 2.26. The summed E-state index contributed by atoms with van der Waals surface area (Å²) in [6, 6.07) is 0. The molecule has 14 heavy (non-hydrogen) atoms. The maximum absolute atomic E-state index is 10.8. The molecule has 0 amide bonds. The summed E-state index contributed by atoms with van der Waals surface area (Å²) in [6.07, 6.45) is 0.814. The minimum atomic E-state index is -0.534. The Morgan fingerprint density at radius 2 is 2.36 bits per heavy atom. The van der Waals surface area contributed by atoms with Crippen LogP contribution in [0, 0.1) is 6.92 Å². The van der Waals surface area contributed by atoms with Gasteiger partial charge < -0.3 is 0 Å². The molecule has 74 valence electrons. The number of thiazole rings is 1. The molecule has 0 unspecified atom stereocenters. The molecule has 2 aromatic heterocycles. The highest BCUT2D eigenvalue weighted by molar-refractivity contribution is 7.15. The average molecular weight is 211 g/mol. The molecule has 0 saturated heterocycles. The van der Waals surface area contributed by atoms with Crippen LogP contribution in [-0.2, 0) is 6.42 Å². The number of rotatable bonds is 2. The van der Waals surface area contributed by atoms with Crippen molar-refractivity contribution in [2.24, 2.45) is 0 Å². The number of hydrogen-bond donors (Lipinski definition) is 1. The third-order valence-electron chi connectivity index (χ3n) is 1.79. The van der Waals surface area contributed by atoms with Gasteiger partial charge in [0, 0.05) is 0 Å². The Bertz CT molecular complexity index is 497. The van der Waals surface area contributed by atoms with Crippen LogP contribution in [0.5, 0.6) is 0 Å². The highest BCUT2D eigenvalue weighted by Gasteiger charge is 2.13. The molecular weight excluding hydrogens is 202 g/mol. The van der Waals surface area contributed by atoms with Crippen molar-refractivity contribution in [2.45, 2.75) is 20.3 Å². The van der Waals surface area contributed by atoms with E-state index in [-0.39, 0.29) is 0 Å². The van der Waals surface area contributed by atoms with E-state index in [1.807, 2.05) is 13.8 Å². The summed E-state index contributed by atoms with van der Waals surface area (Å²) in [7, 11) is 0. The fraction of sp³-hybridized carbons (Fsp3) is 0.375. The lowest BCUT2D eigenvalue weighted by atomic mass is 10.3. The molecule has 0 aromatic carbocycles. The van der Waals surface area contributed by atoms with Crippen LogP contribution in [0.4, 0.5) is 0 Å². The van der Waals surface area contributed by atoms with Crippen molar-refractivity contribution in [3.63, 3.8) is 0 Å². The molecule has 0 radical (unpaired) electrons. The van der Waals surface area contributed by atoms with Crippen LogP contribution >= 0.6 is 11.3 Å². The first-order valence-corrected chi connectivity index (χ1v) is 5.05. The smallest absolute Gasteiger partial charge is 0.296 e. The maximum Gasteiger partial charge on any atom is 0.439 e. The molecular formula is C8H9N3O2S. The number of aryl methyl sites for hydroxylation is 2. The normalized spacial score (nSPS) is 10.7. The molecule has 0 aliphatic heterocycles. The van der Waals surface area contributed by atoms with Crippen LogP contribution < -0.4 is 5.76 Å². The predicted molar refractivity (Wildman–Crippen MR) is 52.3 cm³/mol. The summed E-state index contributed by atoms with van der Waals surface area (Å²) >= 11 is 1.50. The molecule has 0 atom stereocenters. The zero-order valence-electron chi connectivity index (χ0n) is 7.83. The largest absolute Gasteiger partial charge is 0.439 e. The van der Waals surface area contributed by atoms with Crippen LogP contribution in [0.1, 0.15) is 17.6 Å². The van der Waals surface area contributed by atoms with Crippen LogP contribution in [0.3, 0.4) is 0 Å². The number of H-pyrrole nitrogens is 1. The summed E-state index contributed by atoms with van der Waals surface area (Å²) in [5.41, 5.74) is 0.942. The van der Waals surface area contributed by atoms with Crippen molar-refractivity contribution in [3.8, 4) is 10.7 Å². The summed E-state index contributed by atoms with van der Waals surface area (Å²) < 4.78 is 4.45. The Morgan fingerprint density at radius 3 is 2.93 bits per heavy atom. The van der Waals surface area contributed by atoms with Crippen molar-refractivity contribution in [1.82, 2.24) is 15.1 Å². The molecule has 0 fully saturated rings. The number of aromatic nitrogens is 3. The second-order valence-corrected chi connectivity index (χ2v) is 4.01. The molecule has 1 N–H and O–H groups in total. The fourth-order valence-electron chi connectivity index (χ4n) is 1.22. The summed E-state index contributed by atoms with van der Waals surface area (Å²) in [5.74, 6) is -0.0643. The molecule has 0 spiro atoms. The van der Waals surface area contributed by atoms with E-state index in [4.69, 9.17) is 0 Å². The molecule has 0 bridgehead atoms. The minimum Gasteiger partial charge on any atom is -0.296 e. The SMILES string of the molecule is CCc1nc(C)sc1-c1noc(=O)[nH]1. The first-order chi connectivity index (χ1) is 6.70. The van der Waals surface area contributed by atoms with E-state index in [1.54, 1.807) is 0 Å². The minimum absolute atomic E-state index is 0.470. The Kier molecular flexibility index (Phi) is 2.20. The molecule has 2 rings (SSSR count). The van der Waals surface area contributed by atoms with Crippen molar-refractivity contribution < 1.29 is 4.52 Å². The van der Waals surface area contributed by atoms with Gasteiger partial charge in [0.15, 0.2) is 5.82 Å². The van der Waals surface area contributed by atoms with E-state index in [1.165, 1.54) is 11.3 Å². The molecule has 0 aliphatic rings. The monoisotopic (exact) mass is 211 g/mol. The lowest BCUT2D eigenvalue weighted by Gasteiger charge is -1.91. The highest BCUT2D eigenvalue weighted by atomic mass is 32.1. The van der Waals surface area contributed by atoms with Crippen LogP contribution in [-0.4, -0.2) is 15.1 Å². The van der Waals surface area contributed by atoms with Crippen molar-refractivity contribution >= 4 is 11.3 Å². The van der Waals surface area contributed by atoms with Gasteiger partial charge in [0.2, 0.25) is 0 Å². The Hall–Kier alpha value is -1.43. The van der Waals surface area contributed by atoms with Crippen molar-refractivity contribution in [1.29, 1.82) is 0 Å². The quantitative estimate of drug-likeness (QED) is 0.814. The number of nitrogens with one attached hydrogen (secondary N) is 1. The molecule has 2 heterocycles. The third kappa shape index (κ3) is 1.48. The standard InChI is InChI=1S/C8H9N3O2S/c1-3-5-6(14-4(2)9-5)7-10-8(12)13-11-7/h3H2,1-2H3,(H,10,11,12). The maximum atomic E-state index is 10.8. The van der Waals surface area contributed by atoms with Crippen molar-refractivity contribution in [2.75, 3.05) is 0 Å². The number of hydrogen-bond acceptors (Lipinski definition) is 5. The third-order valence-corrected chi connectivity index (χ3v) is 2.81. The lowest BCUT2D eigenvalue weighted by molar-refractivity contribution is 0.388. The zero-order valence-corrected chi connectivity index (χ0v) is 8.64. The Morgan fingerprint density at radius 1 is 1.57 bits per heavy atom. The topological polar surface area (TPSA) is 71.8 Å². The van der Waals surface area contributed by atoms with E-state index in [2.05, 4.69) is 19.6 Å². The van der Waals surface area contributed by atoms with Gasteiger partial charge in [-0.25, -0.2) is 9.78 Å². The first-order valence-electron chi connectivity index (χ1n) is 4.23. The van der Waals surface area contributed by atoms with Gasteiger partial charge in [-0.15, -0.1) is 11.3 Å². The van der Waals surface area contributed by atoms with Gasteiger partial charge in [-0.3, -0.25) is 9.51 Å². The summed E-state index contributed by atoms with van der Waals surface area (Å²) in [4.78, 5) is 18.5. The molecule has 0 aliphatic carbocycles. The van der Waals surface area contributed by atoms with Crippen molar-refractivity contribution in [3.05, 3.63) is 21.3 Å². The number of nitrogens with zero attached hydrogens (tertiary/aromatic N) is 2. The molecule has 6 heteroatoms. The summed E-state index contributed by atoms with van der Waals surface area (Å²) in [6.45, 7) is 3.93. The van der Waals surface area contributed by atoms with E-state index in [0.29, 0.717) is 5.82 Å². The molecule has 5 nitrogen and oxygen atoms in total. The van der Waals surface area contributed by atoms with Gasteiger partial charge in [-0.2, -0.15) is 0 Å². The van der Waals surface area contributed by atoms with E-state index < -0.39 is 5.76 Å². The fourth-order valence-corrected chi connectivity index (χ4v) is 2.17. The first kappa shape index (κ1) is 9.14. The van der Waals surface area contributed by atoms with E-state index in [0.717, 1.165) is 22.0 Å². The van der Waals surface area contributed by atoms with E-state index in [9.17, 15) is 4.79 Å². The predicted octanol–water partition coefficient (Wildman–Crippen LogP) is 1.36. The van der Waals surface area contributed by atoms with Crippen LogP contribution in [0.15, 0.2) is 9.32 Å². The van der Waals surface area contributed by atoms with Gasteiger partial charge in [-0.1, -0.05) is 12.1 Å². The van der Waals surface area contributed by atoms with Crippen LogP contribution in [0.2, 0.25) is 0 Å². The van der Waals surface area contributed by atoms with Gasteiger partial charge >= 0.3 is 5.76 Å². The van der Waals surface area contributed by atoms with Crippen LogP contribution in [0.25, 0.3) is 10.7 Å². The molecule has 2 aromatic rings. The van der Waals surface area contributed by atoms with Gasteiger partial charge in [0.1, 0.15) is 0 Å². The van der Waals surface area contributed by atoms with Gasteiger partial charge in [-0.05, 0) is 13.3 Å². The van der Waals surface area contributed by atoms with Gasteiger partial charge in [0.25, 0.3) is 0 Å². The lowest BCUT2D eigenvalue weighted by Crippen LogP contribution is -1.95. The average Bonchev–Trinajstić information content (AvgIpc) is 2.71. The molecule has 0 saturated carbocycles. The van der Waals surface area contributed by atoms with E-state index >= 15 is 0 Å².